The number of rotatable bonds is 49. The molecule has 352 valence electrons. The van der Waals surface area contributed by atoms with E-state index in [2.05, 4.69) is 45.0 Å². The molecule has 6 heteroatoms. The highest BCUT2D eigenvalue weighted by molar-refractivity contribution is 5.72. The minimum absolute atomic E-state index is 0.0826. The summed E-state index contributed by atoms with van der Waals surface area (Å²) in [5, 5.41) is 3.35. The van der Waals surface area contributed by atoms with Crippen LogP contribution >= 0.6 is 0 Å². The Morgan fingerprint density at radius 2 is 0.644 bits per heavy atom. The first-order chi connectivity index (χ1) is 29.0. The Morgan fingerprint density at radius 1 is 0.373 bits per heavy atom. The Morgan fingerprint density at radius 3 is 0.966 bits per heavy atom. The normalized spacial score (nSPS) is 12.6. The van der Waals surface area contributed by atoms with Gasteiger partial charge in [-0.1, -0.05) is 220 Å². The third kappa shape index (κ3) is 40.7. The molecule has 0 aliphatic rings. The van der Waals surface area contributed by atoms with E-state index in [9.17, 15) is 9.59 Å². The molecule has 0 heterocycles. The van der Waals surface area contributed by atoms with Crippen molar-refractivity contribution in [3.8, 4) is 0 Å². The van der Waals surface area contributed by atoms with E-state index in [1.165, 1.54) is 219 Å². The van der Waals surface area contributed by atoms with Crippen LogP contribution in [0.1, 0.15) is 272 Å². The molecule has 59 heavy (non-hydrogen) atoms. The number of esters is 2. The van der Waals surface area contributed by atoms with E-state index in [0.717, 1.165) is 51.6 Å². The van der Waals surface area contributed by atoms with Crippen LogP contribution in [-0.2, 0) is 19.1 Å². The van der Waals surface area contributed by atoms with E-state index in [-0.39, 0.29) is 23.8 Å². The monoisotopic (exact) mass is 835 g/mol. The SMILES string of the molecule is CCCCCCCCC(CCCCCC)C(=O)OCCCCCCCCCN(CCCCCCCCCOC(=O)C(CCCCCC)CCCCCCCC)CCNC. The minimum Gasteiger partial charge on any atom is -0.465 e. The highest BCUT2D eigenvalue weighted by Gasteiger charge is 2.20. The molecule has 1 N–H and O–H groups in total. The second-order valence-corrected chi connectivity index (χ2v) is 18.4. The van der Waals surface area contributed by atoms with Crippen LogP contribution in [0.5, 0.6) is 0 Å². The Balaban J connectivity index is 4.06. The van der Waals surface area contributed by atoms with Crippen molar-refractivity contribution in [1.29, 1.82) is 0 Å². The van der Waals surface area contributed by atoms with Gasteiger partial charge < -0.3 is 19.7 Å². The highest BCUT2D eigenvalue weighted by atomic mass is 16.5. The predicted molar refractivity (Wildman–Crippen MR) is 257 cm³/mol. The molecule has 2 unspecified atom stereocenters. The molecule has 6 nitrogen and oxygen atoms in total. The standard InChI is InChI=1S/C53H106N2O4/c1-6-10-14-18-26-34-42-50(40-32-16-12-8-3)52(56)58-48-38-30-24-20-22-28-36-45-55(47-44-54-5)46-37-29-23-21-25-31-39-49-59-53(57)51(41-33-17-13-9-4)43-35-27-19-15-11-7-2/h50-51,54H,6-49H2,1-5H3. The molecule has 0 saturated heterocycles. The molecule has 0 aromatic rings. The van der Waals surface area contributed by atoms with Crippen LogP contribution < -0.4 is 5.32 Å². The van der Waals surface area contributed by atoms with E-state index in [1.54, 1.807) is 0 Å². The first-order valence-electron chi connectivity index (χ1n) is 26.7. The van der Waals surface area contributed by atoms with Crippen molar-refractivity contribution < 1.29 is 19.1 Å². The summed E-state index contributed by atoms with van der Waals surface area (Å²) in [4.78, 5) is 28.5. The molecule has 0 aromatic carbocycles. The topological polar surface area (TPSA) is 67.9 Å². The zero-order chi connectivity index (χ0) is 43.1. The average Bonchev–Trinajstić information content (AvgIpc) is 3.24. The number of carbonyl (C=O) groups excluding carboxylic acids is 2. The van der Waals surface area contributed by atoms with Crippen LogP contribution in [0.15, 0.2) is 0 Å². The van der Waals surface area contributed by atoms with E-state index in [1.807, 2.05) is 0 Å². The maximum atomic E-state index is 12.9. The lowest BCUT2D eigenvalue weighted by Gasteiger charge is -2.22. The summed E-state index contributed by atoms with van der Waals surface area (Å²) in [7, 11) is 2.06. The fourth-order valence-corrected chi connectivity index (χ4v) is 8.57. The van der Waals surface area contributed by atoms with Crippen LogP contribution in [0.2, 0.25) is 0 Å². The molecule has 2 atom stereocenters. The van der Waals surface area contributed by atoms with Gasteiger partial charge in [0.1, 0.15) is 0 Å². The summed E-state index contributed by atoms with van der Waals surface area (Å²) in [6, 6.07) is 0. The lowest BCUT2D eigenvalue weighted by molar-refractivity contribution is -0.150. The minimum atomic E-state index is 0.0826. The number of unbranched alkanes of at least 4 members (excludes halogenated alkanes) is 28. The first-order valence-corrected chi connectivity index (χ1v) is 26.7. The molecular weight excluding hydrogens is 729 g/mol. The molecular formula is C53H106N2O4. The summed E-state index contributed by atoms with van der Waals surface area (Å²) < 4.78 is 11.6. The quantitative estimate of drug-likeness (QED) is 0.0486. The van der Waals surface area contributed by atoms with Gasteiger partial charge in [0.25, 0.3) is 0 Å². The summed E-state index contributed by atoms with van der Waals surface area (Å²) in [6.07, 6.45) is 46.6. The number of ether oxygens (including phenoxy) is 2. The van der Waals surface area contributed by atoms with Gasteiger partial charge in [-0.15, -0.1) is 0 Å². The molecule has 0 amide bonds. The molecule has 0 aliphatic carbocycles. The summed E-state index contributed by atoms with van der Waals surface area (Å²) in [5.74, 6) is 0.404. The number of hydrogen-bond acceptors (Lipinski definition) is 6. The first kappa shape index (κ1) is 57.9. The Labute approximate surface area is 370 Å². The van der Waals surface area contributed by atoms with Crippen molar-refractivity contribution in [2.45, 2.75) is 272 Å². The fourth-order valence-electron chi connectivity index (χ4n) is 8.57. The summed E-state index contributed by atoms with van der Waals surface area (Å²) in [6.45, 7) is 14.9. The number of nitrogens with one attached hydrogen (secondary N) is 1. The van der Waals surface area contributed by atoms with Crippen molar-refractivity contribution in [2.24, 2.45) is 11.8 Å². The van der Waals surface area contributed by atoms with Gasteiger partial charge in [0.05, 0.1) is 25.0 Å². The Kier molecular flexibility index (Phi) is 47.0. The molecule has 0 aromatic heterocycles. The van der Waals surface area contributed by atoms with Gasteiger partial charge in [0.2, 0.25) is 0 Å². The fraction of sp³-hybridized carbons (Fsp3) is 0.962. The number of hydrogen-bond donors (Lipinski definition) is 1. The van der Waals surface area contributed by atoms with Crippen molar-refractivity contribution in [3.63, 3.8) is 0 Å². The third-order valence-corrected chi connectivity index (χ3v) is 12.7. The van der Waals surface area contributed by atoms with E-state index >= 15 is 0 Å². The molecule has 0 saturated carbocycles. The second kappa shape index (κ2) is 47.9. The van der Waals surface area contributed by atoms with Gasteiger partial charge in [-0.2, -0.15) is 0 Å². The number of carbonyl (C=O) groups is 2. The lowest BCUT2D eigenvalue weighted by Crippen LogP contribution is -2.32. The van der Waals surface area contributed by atoms with Crippen molar-refractivity contribution in [3.05, 3.63) is 0 Å². The van der Waals surface area contributed by atoms with Gasteiger partial charge in [0, 0.05) is 13.1 Å². The van der Waals surface area contributed by atoms with Crippen molar-refractivity contribution >= 4 is 11.9 Å². The summed E-state index contributed by atoms with van der Waals surface area (Å²) >= 11 is 0. The highest BCUT2D eigenvalue weighted by Crippen LogP contribution is 2.22. The summed E-state index contributed by atoms with van der Waals surface area (Å²) in [5.41, 5.74) is 0. The number of nitrogens with zero attached hydrogens (tertiary/aromatic N) is 1. The lowest BCUT2D eigenvalue weighted by atomic mass is 9.94. The van der Waals surface area contributed by atoms with Crippen molar-refractivity contribution in [1.82, 2.24) is 10.2 Å². The van der Waals surface area contributed by atoms with Gasteiger partial charge in [-0.25, -0.2) is 0 Å². The van der Waals surface area contributed by atoms with E-state index in [4.69, 9.17) is 9.47 Å². The Hall–Kier alpha value is -1.14. The predicted octanol–water partition coefficient (Wildman–Crippen LogP) is 15.7. The molecule has 0 radical (unpaired) electrons. The maximum absolute atomic E-state index is 12.9. The van der Waals surface area contributed by atoms with Gasteiger partial charge in [-0.3, -0.25) is 9.59 Å². The van der Waals surface area contributed by atoms with Gasteiger partial charge in [-0.05, 0) is 71.5 Å². The largest absolute Gasteiger partial charge is 0.465 e. The van der Waals surface area contributed by atoms with Crippen LogP contribution in [0.4, 0.5) is 0 Å². The van der Waals surface area contributed by atoms with Crippen molar-refractivity contribution in [2.75, 3.05) is 46.4 Å². The average molecular weight is 835 g/mol. The van der Waals surface area contributed by atoms with E-state index in [0.29, 0.717) is 13.2 Å². The molecule has 0 spiro atoms. The third-order valence-electron chi connectivity index (χ3n) is 12.7. The van der Waals surface area contributed by atoms with Crippen LogP contribution in [0, 0.1) is 11.8 Å². The van der Waals surface area contributed by atoms with E-state index < -0.39 is 0 Å². The number of likely N-dealkylation sites (N-methyl/N-ethyl adjacent to an activating group) is 1. The zero-order valence-corrected chi connectivity index (χ0v) is 40.8. The molecule has 0 rings (SSSR count). The Bertz CT molecular complexity index is 789. The molecule has 0 bridgehead atoms. The van der Waals surface area contributed by atoms with Crippen LogP contribution in [0.25, 0.3) is 0 Å². The van der Waals surface area contributed by atoms with Gasteiger partial charge >= 0.3 is 11.9 Å². The van der Waals surface area contributed by atoms with Crippen LogP contribution in [0.3, 0.4) is 0 Å². The van der Waals surface area contributed by atoms with Gasteiger partial charge in [0.15, 0.2) is 0 Å². The smallest absolute Gasteiger partial charge is 0.308 e. The maximum Gasteiger partial charge on any atom is 0.308 e. The zero-order valence-electron chi connectivity index (χ0n) is 40.8. The van der Waals surface area contributed by atoms with Crippen LogP contribution in [-0.4, -0.2) is 63.3 Å². The molecule has 0 fully saturated rings. The molecule has 0 aliphatic heterocycles. The second-order valence-electron chi connectivity index (χ2n) is 18.4.